The van der Waals surface area contributed by atoms with Crippen LogP contribution in [0.25, 0.3) is 10.9 Å². The maximum absolute atomic E-state index is 11.7. The van der Waals surface area contributed by atoms with Crippen molar-refractivity contribution in [2.24, 2.45) is 0 Å². The summed E-state index contributed by atoms with van der Waals surface area (Å²) in [6, 6.07) is 3.81. The molecule has 0 atom stereocenters. The molecule has 0 aromatic carbocycles. The molecule has 1 aliphatic heterocycles. The third-order valence-electron chi connectivity index (χ3n) is 4.74. The fourth-order valence-corrected chi connectivity index (χ4v) is 3.16. The molecule has 0 radical (unpaired) electrons. The Morgan fingerprint density at radius 3 is 2.69 bits per heavy atom. The monoisotopic (exact) mass is 358 g/mol. The number of aromatic nitrogens is 2. The molecular formula is C18H22N4O4. The van der Waals surface area contributed by atoms with E-state index in [1.165, 1.54) is 0 Å². The molecule has 0 spiro atoms. The summed E-state index contributed by atoms with van der Waals surface area (Å²) in [7, 11) is 0. The van der Waals surface area contributed by atoms with Crippen molar-refractivity contribution in [1.82, 2.24) is 15.3 Å². The smallest absolute Gasteiger partial charge is 0.303 e. The van der Waals surface area contributed by atoms with Crippen LogP contribution in [0.4, 0.5) is 5.69 Å². The number of nitrogens with one attached hydrogen (secondary N) is 1. The van der Waals surface area contributed by atoms with E-state index in [2.05, 4.69) is 20.2 Å². The molecule has 8 heteroatoms. The number of pyridine rings is 2. The van der Waals surface area contributed by atoms with Crippen LogP contribution in [0.15, 0.2) is 30.7 Å². The number of amides is 1. The topological polar surface area (TPSA) is 116 Å². The van der Waals surface area contributed by atoms with Crippen LogP contribution in [0.1, 0.15) is 25.7 Å². The second-order valence-corrected chi connectivity index (χ2v) is 6.60. The molecule has 3 N–H and O–H groups in total. The van der Waals surface area contributed by atoms with E-state index >= 15 is 0 Å². The van der Waals surface area contributed by atoms with E-state index in [0.717, 1.165) is 16.6 Å². The number of piperidine rings is 1. The van der Waals surface area contributed by atoms with Crippen LogP contribution in [-0.2, 0) is 9.59 Å². The van der Waals surface area contributed by atoms with Gasteiger partial charge in [0.25, 0.3) is 0 Å². The Kier molecular flexibility index (Phi) is 5.32. The SMILES string of the molecule is O=C(O)CCC(=O)NCC1(O)CCN(c2ccnc3ccncc23)CC1. The summed E-state index contributed by atoms with van der Waals surface area (Å²) in [4.78, 5) is 32.8. The van der Waals surface area contributed by atoms with Crippen molar-refractivity contribution in [2.45, 2.75) is 31.3 Å². The molecule has 138 valence electrons. The molecule has 0 saturated carbocycles. The van der Waals surface area contributed by atoms with Crippen molar-refractivity contribution < 1.29 is 19.8 Å². The number of aliphatic carboxylic acids is 1. The Bertz CT molecular complexity index is 797. The summed E-state index contributed by atoms with van der Waals surface area (Å²) in [6.45, 7) is 1.43. The van der Waals surface area contributed by atoms with Gasteiger partial charge < -0.3 is 20.4 Å². The van der Waals surface area contributed by atoms with Crippen LogP contribution >= 0.6 is 0 Å². The lowest BCUT2D eigenvalue weighted by Crippen LogP contribution is -2.51. The molecule has 3 rings (SSSR count). The Morgan fingerprint density at radius 2 is 1.96 bits per heavy atom. The Labute approximate surface area is 150 Å². The number of nitrogens with zero attached hydrogens (tertiary/aromatic N) is 3. The van der Waals surface area contributed by atoms with E-state index in [-0.39, 0.29) is 25.3 Å². The zero-order valence-corrected chi connectivity index (χ0v) is 14.4. The van der Waals surface area contributed by atoms with E-state index < -0.39 is 11.6 Å². The summed E-state index contributed by atoms with van der Waals surface area (Å²) in [5.41, 5.74) is 0.941. The quantitative estimate of drug-likeness (QED) is 0.704. The van der Waals surface area contributed by atoms with E-state index in [9.17, 15) is 14.7 Å². The molecule has 26 heavy (non-hydrogen) atoms. The Morgan fingerprint density at radius 1 is 1.19 bits per heavy atom. The molecule has 2 aromatic rings. The molecular weight excluding hydrogens is 336 g/mol. The average molecular weight is 358 g/mol. The minimum absolute atomic E-state index is 0.0759. The fraction of sp³-hybridized carbons (Fsp3) is 0.444. The van der Waals surface area contributed by atoms with Gasteiger partial charge in [0, 0.05) is 55.7 Å². The van der Waals surface area contributed by atoms with Gasteiger partial charge in [0.2, 0.25) is 5.91 Å². The second kappa shape index (κ2) is 7.65. The zero-order chi connectivity index (χ0) is 18.6. The van der Waals surface area contributed by atoms with Crippen LogP contribution in [0.5, 0.6) is 0 Å². The Balaban J connectivity index is 1.58. The van der Waals surface area contributed by atoms with Crippen molar-refractivity contribution in [1.29, 1.82) is 0 Å². The van der Waals surface area contributed by atoms with Gasteiger partial charge >= 0.3 is 5.97 Å². The summed E-state index contributed by atoms with van der Waals surface area (Å²) in [6.07, 6.45) is 6.00. The van der Waals surface area contributed by atoms with Crippen LogP contribution in [0.3, 0.4) is 0 Å². The number of carboxylic acid groups (broad SMARTS) is 1. The maximum atomic E-state index is 11.7. The van der Waals surface area contributed by atoms with E-state index in [4.69, 9.17) is 5.11 Å². The lowest BCUT2D eigenvalue weighted by molar-refractivity contribution is -0.139. The van der Waals surface area contributed by atoms with Gasteiger partial charge in [-0.2, -0.15) is 0 Å². The van der Waals surface area contributed by atoms with Gasteiger partial charge in [0.15, 0.2) is 0 Å². The second-order valence-electron chi connectivity index (χ2n) is 6.60. The van der Waals surface area contributed by atoms with Crippen LogP contribution < -0.4 is 10.2 Å². The third-order valence-corrected chi connectivity index (χ3v) is 4.74. The minimum atomic E-state index is -1.01. The van der Waals surface area contributed by atoms with Gasteiger partial charge in [0.05, 0.1) is 17.5 Å². The minimum Gasteiger partial charge on any atom is -0.481 e. The average Bonchev–Trinajstić information content (AvgIpc) is 2.65. The molecule has 0 bridgehead atoms. The van der Waals surface area contributed by atoms with Gasteiger partial charge in [-0.05, 0) is 25.0 Å². The number of fused-ring (bicyclic) bond motifs is 1. The molecule has 1 saturated heterocycles. The predicted molar refractivity (Wildman–Crippen MR) is 95.8 cm³/mol. The first-order chi connectivity index (χ1) is 12.5. The lowest BCUT2D eigenvalue weighted by Gasteiger charge is -2.39. The van der Waals surface area contributed by atoms with Crippen molar-refractivity contribution in [3.8, 4) is 0 Å². The van der Waals surface area contributed by atoms with Crippen molar-refractivity contribution in [3.05, 3.63) is 30.7 Å². The molecule has 2 aromatic heterocycles. The normalized spacial score (nSPS) is 16.4. The Hall–Kier alpha value is -2.74. The summed E-state index contributed by atoms with van der Waals surface area (Å²) >= 11 is 0. The molecule has 1 amide bonds. The number of rotatable bonds is 6. The van der Waals surface area contributed by atoms with Crippen molar-refractivity contribution in [2.75, 3.05) is 24.5 Å². The van der Waals surface area contributed by atoms with Crippen molar-refractivity contribution in [3.63, 3.8) is 0 Å². The highest BCUT2D eigenvalue weighted by Gasteiger charge is 2.33. The third kappa shape index (κ3) is 4.26. The fourth-order valence-electron chi connectivity index (χ4n) is 3.16. The van der Waals surface area contributed by atoms with Gasteiger partial charge in [-0.3, -0.25) is 19.6 Å². The zero-order valence-electron chi connectivity index (χ0n) is 14.4. The maximum Gasteiger partial charge on any atom is 0.303 e. The van der Waals surface area contributed by atoms with Crippen molar-refractivity contribution >= 4 is 28.5 Å². The highest BCUT2D eigenvalue weighted by Crippen LogP contribution is 2.30. The number of anilines is 1. The summed E-state index contributed by atoms with van der Waals surface area (Å²) in [5, 5.41) is 22.9. The predicted octanol–water partition coefficient (Wildman–Crippen LogP) is 0.942. The molecule has 8 nitrogen and oxygen atoms in total. The summed E-state index contributed by atoms with van der Waals surface area (Å²) in [5.74, 6) is -1.36. The molecule has 1 fully saturated rings. The largest absolute Gasteiger partial charge is 0.481 e. The van der Waals surface area contributed by atoms with Crippen LogP contribution in [0.2, 0.25) is 0 Å². The van der Waals surface area contributed by atoms with E-state index in [1.807, 2.05) is 12.1 Å². The number of hydrogen-bond donors (Lipinski definition) is 3. The van der Waals surface area contributed by atoms with Gasteiger partial charge in [-0.1, -0.05) is 0 Å². The number of hydrogen-bond acceptors (Lipinski definition) is 6. The van der Waals surface area contributed by atoms with Gasteiger partial charge in [-0.25, -0.2) is 0 Å². The number of aliphatic hydroxyl groups is 1. The highest BCUT2D eigenvalue weighted by atomic mass is 16.4. The first-order valence-corrected chi connectivity index (χ1v) is 8.61. The van der Waals surface area contributed by atoms with E-state index in [1.54, 1.807) is 18.6 Å². The standard InChI is InChI=1S/C18H22N4O4/c23-16(1-2-17(24)25)21-12-18(26)5-9-22(10-6-18)15-4-8-20-14-3-7-19-11-13(14)15/h3-4,7-8,11,26H,1-2,5-6,9-10,12H2,(H,21,23)(H,24,25). The molecule has 0 aliphatic carbocycles. The molecule has 1 aliphatic rings. The highest BCUT2D eigenvalue weighted by molar-refractivity contribution is 5.90. The van der Waals surface area contributed by atoms with Crippen LogP contribution in [0, 0.1) is 0 Å². The first kappa shape index (κ1) is 18.1. The van der Waals surface area contributed by atoms with Gasteiger partial charge in [-0.15, -0.1) is 0 Å². The van der Waals surface area contributed by atoms with Crippen LogP contribution in [-0.4, -0.2) is 57.3 Å². The lowest BCUT2D eigenvalue weighted by atomic mass is 9.91. The number of carboxylic acids is 1. The molecule has 0 unspecified atom stereocenters. The van der Waals surface area contributed by atoms with Gasteiger partial charge in [0.1, 0.15) is 0 Å². The summed E-state index contributed by atoms with van der Waals surface area (Å²) < 4.78 is 0. The first-order valence-electron chi connectivity index (χ1n) is 8.61. The molecule has 3 heterocycles. The van der Waals surface area contributed by atoms with E-state index in [0.29, 0.717) is 25.9 Å². The number of carbonyl (C=O) groups is 2. The number of carbonyl (C=O) groups excluding carboxylic acids is 1.